The fourth-order valence-corrected chi connectivity index (χ4v) is 1.62. The van der Waals surface area contributed by atoms with Gasteiger partial charge in [0.1, 0.15) is 0 Å². The first kappa shape index (κ1) is 8.02. The molecular formula is C8H18N2. The fraction of sp³-hybridized carbons (Fsp3) is 1.00. The molecule has 0 radical (unpaired) electrons. The molecule has 1 heterocycles. The van der Waals surface area contributed by atoms with Crippen LogP contribution in [0.2, 0.25) is 0 Å². The van der Waals surface area contributed by atoms with E-state index in [-0.39, 0.29) is 0 Å². The van der Waals surface area contributed by atoms with Gasteiger partial charge in [0.25, 0.3) is 0 Å². The van der Waals surface area contributed by atoms with Gasteiger partial charge in [-0.25, -0.2) is 0 Å². The molecule has 0 aromatic heterocycles. The predicted molar refractivity (Wildman–Crippen MR) is 44.1 cm³/mol. The van der Waals surface area contributed by atoms with E-state index in [0.29, 0.717) is 6.04 Å². The van der Waals surface area contributed by atoms with Crippen molar-refractivity contribution in [1.29, 1.82) is 0 Å². The summed E-state index contributed by atoms with van der Waals surface area (Å²) >= 11 is 0. The maximum atomic E-state index is 3.49. The molecule has 1 saturated heterocycles. The summed E-state index contributed by atoms with van der Waals surface area (Å²) in [7, 11) is 2.01. The standard InChI is InChI=1S/C8H18N2/c1-7-3-4-10-8(5-7)6-9-2/h7-10H,3-6H2,1-2H3. The van der Waals surface area contributed by atoms with Crippen LogP contribution in [0.1, 0.15) is 19.8 Å². The third-order valence-corrected chi connectivity index (χ3v) is 2.21. The Bertz CT molecular complexity index is 91.3. The van der Waals surface area contributed by atoms with Gasteiger partial charge in [0, 0.05) is 12.6 Å². The minimum absolute atomic E-state index is 0.716. The van der Waals surface area contributed by atoms with Crippen molar-refractivity contribution >= 4 is 0 Å². The molecule has 2 unspecified atom stereocenters. The monoisotopic (exact) mass is 142 g/mol. The van der Waals surface area contributed by atoms with E-state index >= 15 is 0 Å². The van der Waals surface area contributed by atoms with E-state index in [2.05, 4.69) is 17.6 Å². The molecular weight excluding hydrogens is 124 g/mol. The van der Waals surface area contributed by atoms with Crippen LogP contribution < -0.4 is 10.6 Å². The highest BCUT2D eigenvalue weighted by molar-refractivity contribution is 4.77. The Morgan fingerprint density at radius 2 is 2.40 bits per heavy atom. The number of likely N-dealkylation sites (N-methyl/N-ethyl adjacent to an activating group) is 1. The zero-order valence-electron chi connectivity index (χ0n) is 6.98. The van der Waals surface area contributed by atoms with Crippen molar-refractivity contribution in [2.75, 3.05) is 20.1 Å². The summed E-state index contributed by atoms with van der Waals surface area (Å²) < 4.78 is 0. The Labute approximate surface area is 63.4 Å². The van der Waals surface area contributed by atoms with Crippen LogP contribution >= 0.6 is 0 Å². The van der Waals surface area contributed by atoms with Gasteiger partial charge in [0.2, 0.25) is 0 Å². The minimum atomic E-state index is 0.716. The van der Waals surface area contributed by atoms with E-state index in [0.717, 1.165) is 12.5 Å². The first-order valence-electron chi connectivity index (χ1n) is 4.21. The van der Waals surface area contributed by atoms with Crippen molar-refractivity contribution in [3.8, 4) is 0 Å². The summed E-state index contributed by atoms with van der Waals surface area (Å²) in [6.07, 6.45) is 2.68. The molecule has 10 heavy (non-hydrogen) atoms. The first-order chi connectivity index (χ1) is 4.83. The smallest absolute Gasteiger partial charge is 0.0194 e. The zero-order valence-corrected chi connectivity index (χ0v) is 6.98. The number of hydrogen-bond acceptors (Lipinski definition) is 2. The Kier molecular flexibility index (Phi) is 3.16. The molecule has 2 N–H and O–H groups in total. The average molecular weight is 142 g/mol. The highest BCUT2D eigenvalue weighted by Gasteiger charge is 2.16. The summed E-state index contributed by atoms with van der Waals surface area (Å²) in [6, 6.07) is 0.716. The number of nitrogens with one attached hydrogen (secondary N) is 2. The van der Waals surface area contributed by atoms with Gasteiger partial charge in [-0.05, 0) is 32.4 Å². The summed E-state index contributed by atoms with van der Waals surface area (Å²) in [5.41, 5.74) is 0. The Balaban J connectivity index is 2.18. The fourth-order valence-electron chi connectivity index (χ4n) is 1.62. The van der Waals surface area contributed by atoms with Crippen LogP contribution in [0.3, 0.4) is 0 Å². The Morgan fingerprint density at radius 3 is 3.00 bits per heavy atom. The van der Waals surface area contributed by atoms with E-state index in [4.69, 9.17) is 0 Å². The highest BCUT2D eigenvalue weighted by atomic mass is 15.0. The molecule has 0 amide bonds. The average Bonchev–Trinajstić information content (AvgIpc) is 1.88. The van der Waals surface area contributed by atoms with E-state index in [9.17, 15) is 0 Å². The number of piperidine rings is 1. The lowest BCUT2D eigenvalue weighted by molar-refractivity contribution is 0.315. The molecule has 60 valence electrons. The van der Waals surface area contributed by atoms with Gasteiger partial charge in [-0.3, -0.25) is 0 Å². The van der Waals surface area contributed by atoms with Gasteiger partial charge >= 0.3 is 0 Å². The predicted octanol–water partition coefficient (Wildman–Crippen LogP) is 0.594. The molecule has 1 rings (SSSR count). The quantitative estimate of drug-likeness (QED) is 0.590. The lowest BCUT2D eigenvalue weighted by Gasteiger charge is -2.27. The molecule has 2 nitrogen and oxygen atoms in total. The normalized spacial score (nSPS) is 34.2. The maximum absolute atomic E-state index is 3.49. The lowest BCUT2D eigenvalue weighted by atomic mass is 9.94. The summed E-state index contributed by atoms with van der Waals surface area (Å²) in [6.45, 7) is 4.65. The highest BCUT2D eigenvalue weighted by Crippen LogP contribution is 2.13. The molecule has 0 spiro atoms. The van der Waals surface area contributed by atoms with Crippen LogP contribution in [-0.4, -0.2) is 26.2 Å². The van der Waals surface area contributed by atoms with Crippen molar-refractivity contribution in [3.63, 3.8) is 0 Å². The van der Waals surface area contributed by atoms with Crippen molar-refractivity contribution < 1.29 is 0 Å². The van der Waals surface area contributed by atoms with Crippen LogP contribution in [-0.2, 0) is 0 Å². The van der Waals surface area contributed by atoms with Crippen molar-refractivity contribution in [2.45, 2.75) is 25.8 Å². The van der Waals surface area contributed by atoms with Gasteiger partial charge < -0.3 is 10.6 Å². The summed E-state index contributed by atoms with van der Waals surface area (Å²) in [4.78, 5) is 0. The van der Waals surface area contributed by atoms with Crippen molar-refractivity contribution in [2.24, 2.45) is 5.92 Å². The maximum Gasteiger partial charge on any atom is 0.0194 e. The Morgan fingerprint density at radius 1 is 1.60 bits per heavy atom. The van der Waals surface area contributed by atoms with Crippen LogP contribution in [0.25, 0.3) is 0 Å². The molecule has 0 aromatic rings. The molecule has 1 fully saturated rings. The molecule has 2 heteroatoms. The largest absolute Gasteiger partial charge is 0.318 e. The van der Waals surface area contributed by atoms with Gasteiger partial charge in [-0.15, -0.1) is 0 Å². The third-order valence-electron chi connectivity index (χ3n) is 2.21. The minimum Gasteiger partial charge on any atom is -0.318 e. The first-order valence-corrected chi connectivity index (χ1v) is 4.21. The van der Waals surface area contributed by atoms with E-state index < -0.39 is 0 Å². The molecule has 0 aromatic carbocycles. The summed E-state index contributed by atoms with van der Waals surface area (Å²) in [5, 5.41) is 6.68. The Hall–Kier alpha value is -0.0800. The van der Waals surface area contributed by atoms with E-state index in [1.807, 2.05) is 7.05 Å². The molecule has 2 atom stereocenters. The van der Waals surface area contributed by atoms with Crippen LogP contribution in [0.5, 0.6) is 0 Å². The molecule has 1 aliphatic rings. The molecule has 0 saturated carbocycles. The van der Waals surface area contributed by atoms with E-state index in [1.165, 1.54) is 19.4 Å². The number of rotatable bonds is 2. The zero-order chi connectivity index (χ0) is 7.40. The second-order valence-corrected chi connectivity index (χ2v) is 3.34. The van der Waals surface area contributed by atoms with Gasteiger partial charge in [0.05, 0.1) is 0 Å². The third kappa shape index (κ3) is 2.27. The topological polar surface area (TPSA) is 24.1 Å². The van der Waals surface area contributed by atoms with Crippen molar-refractivity contribution in [1.82, 2.24) is 10.6 Å². The van der Waals surface area contributed by atoms with Crippen molar-refractivity contribution in [3.05, 3.63) is 0 Å². The SMILES string of the molecule is CNCC1CC(C)CCN1. The second kappa shape index (κ2) is 3.94. The summed E-state index contributed by atoms with van der Waals surface area (Å²) in [5.74, 6) is 0.916. The molecule has 1 aliphatic heterocycles. The van der Waals surface area contributed by atoms with Gasteiger partial charge in [-0.1, -0.05) is 6.92 Å². The second-order valence-electron chi connectivity index (χ2n) is 3.34. The van der Waals surface area contributed by atoms with Gasteiger partial charge in [0.15, 0.2) is 0 Å². The molecule has 0 bridgehead atoms. The van der Waals surface area contributed by atoms with Crippen LogP contribution in [0.15, 0.2) is 0 Å². The van der Waals surface area contributed by atoms with Crippen LogP contribution in [0, 0.1) is 5.92 Å². The lowest BCUT2D eigenvalue weighted by Crippen LogP contribution is -2.43. The van der Waals surface area contributed by atoms with Crippen LogP contribution in [0.4, 0.5) is 0 Å². The molecule has 0 aliphatic carbocycles. The van der Waals surface area contributed by atoms with Gasteiger partial charge in [-0.2, -0.15) is 0 Å². The number of hydrogen-bond donors (Lipinski definition) is 2. The van der Waals surface area contributed by atoms with E-state index in [1.54, 1.807) is 0 Å².